The van der Waals surface area contributed by atoms with Gasteiger partial charge in [0, 0.05) is 0 Å². The second kappa shape index (κ2) is 5.48. The van der Waals surface area contributed by atoms with Crippen LogP contribution in [0.25, 0.3) is 0 Å². The summed E-state index contributed by atoms with van der Waals surface area (Å²) in [6.07, 6.45) is 2.89. The molecule has 2 aromatic carbocycles. The molecule has 4 nitrogen and oxygen atoms in total. The highest BCUT2D eigenvalue weighted by Crippen LogP contribution is 2.31. The molecule has 3 N–H and O–H groups in total. The number of rotatable bonds is 2. The lowest BCUT2D eigenvalue weighted by Gasteiger charge is -2.26. The van der Waals surface area contributed by atoms with E-state index in [1.165, 1.54) is 23.8 Å². The Morgan fingerprint density at radius 1 is 1.05 bits per heavy atom. The molecule has 2 aromatic rings. The van der Waals surface area contributed by atoms with Gasteiger partial charge in [0.2, 0.25) is 0 Å². The topological polar surface area (TPSA) is 69.6 Å². The van der Waals surface area contributed by atoms with Gasteiger partial charge in [-0.3, -0.25) is 4.79 Å². The second-order valence-electron chi connectivity index (χ2n) is 5.29. The molecule has 0 radical (unpaired) electrons. The van der Waals surface area contributed by atoms with Gasteiger partial charge in [-0.1, -0.05) is 30.3 Å². The van der Waals surface area contributed by atoms with Gasteiger partial charge >= 0.3 is 0 Å². The van der Waals surface area contributed by atoms with Crippen molar-refractivity contribution in [2.45, 2.75) is 25.3 Å². The molecule has 21 heavy (non-hydrogen) atoms. The zero-order chi connectivity index (χ0) is 14.8. The van der Waals surface area contributed by atoms with E-state index in [0.29, 0.717) is 0 Å². The van der Waals surface area contributed by atoms with Crippen LogP contribution in [0.1, 0.15) is 40.4 Å². The lowest BCUT2D eigenvalue weighted by atomic mass is 9.87. The molecule has 0 aromatic heterocycles. The van der Waals surface area contributed by atoms with Gasteiger partial charge in [0.1, 0.15) is 17.1 Å². The molecule has 0 heterocycles. The fourth-order valence-corrected chi connectivity index (χ4v) is 2.90. The first kappa shape index (κ1) is 13.5. The van der Waals surface area contributed by atoms with Crippen LogP contribution in [-0.2, 0) is 6.42 Å². The molecule has 108 valence electrons. The zero-order valence-electron chi connectivity index (χ0n) is 11.5. The van der Waals surface area contributed by atoms with Crippen LogP contribution in [0.15, 0.2) is 42.5 Å². The van der Waals surface area contributed by atoms with Crippen molar-refractivity contribution < 1.29 is 15.0 Å². The average Bonchev–Trinajstić information content (AvgIpc) is 2.47. The first-order valence-corrected chi connectivity index (χ1v) is 7.06. The normalized spacial score (nSPS) is 17.0. The van der Waals surface area contributed by atoms with E-state index in [4.69, 9.17) is 0 Å². The van der Waals surface area contributed by atoms with Crippen molar-refractivity contribution in [3.05, 3.63) is 59.2 Å². The molecule has 1 aliphatic rings. The molecule has 1 amide bonds. The Kier molecular flexibility index (Phi) is 3.52. The van der Waals surface area contributed by atoms with E-state index in [1.54, 1.807) is 0 Å². The average molecular weight is 283 g/mol. The number of phenols is 2. The fraction of sp³-hybridized carbons (Fsp3) is 0.235. The van der Waals surface area contributed by atoms with Gasteiger partial charge in [-0.05, 0) is 42.5 Å². The number of benzene rings is 2. The lowest BCUT2D eigenvalue weighted by Crippen LogP contribution is -2.31. The minimum Gasteiger partial charge on any atom is -0.507 e. The zero-order valence-corrected chi connectivity index (χ0v) is 11.5. The van der Waals surface area contributed by atoms with Crippen LogP contribution in [-0.4, -0.2) is 16.1 Å². The molecule has 0 fully saturated rings. The minimum absolute atomic E-state index is 0.0689. The molecule has 4 heteroatoms. The standard InChI is InChI=1S/C17H17NO3/c19-14-9-4-10-15(20)16(14)17(21)18-13-8-3-6-11-5-1-2-7-12(11)13/h1-2,4-5,7,9-10,13,19-20H,3,6,8H2,(H,18,21). The summed E-state index contributed by atoms with van der Waals surface area (Å²) in [5.74, 6) is -0.875. The largest absolute Gasteiger partial charge is 0.507 e. The van der Waals surface area contributed by atoms with Gasteiger partial charge in [0.15, 0.2) is 0 Å². The number of amides is 1. The Morgan fingerprint density at radius 3 is 2.52 bits per heavy atom. The van der Waals surface area contributed by atoms with Gasteiger partial charge in [-0.15, -0.1) is 0 Å². The molecule has 1 unspecified atom stereocenters. The van der Waals surface area contributed by atoms with Crippen LogP contribution >= 0.6 is 0 Å². The molecule has 3 rings (SSSR count). The van der Waals surface area contributed by atoms with E-state index in [2.05, 4.69) is 11.4 Å². The van der Waals surface area contributed by atoms with Crippen LogP contribution in [0.2, 0.25) is 0 Å². The van der Waals surface area contributed by atoms with Crippen LogP contribution in [0.4, 0.5) is 0 Å². The van der Waals surface area contributed by atoms with Crippen molar-refractivity contribution in [3.8, 4) is 11.5 Å². The Morgan fingerprint density at radius 2 is 1.76 bits per heavy atom. The Labute approximate surface area is 123 Å². The maximum absolute atomic E-state index is 12.3. The van der Waals surface area contributed by atoms with E-state index < -0.39 is 5.91 Å². The molecule has 0 saturated carbocycles. The van der Waals surface area contributed by atoms with E-state index in [-0.39, 0.29) is 23.1 Å². The molecule has 1 atom stereocenters. The molecular weight excluding hydrogens is 266 g/mol. The highest BCUT2D eigenvalue weighted by molar-refractivity contribution is 5.99. The minimum atomic E-state index is -0.452. The van der Waals surface area contributed by atoms with Gasteiger partial charge in [-0.25, -0.2) is 0 Å². The van der Waals surface area contributed by atoms with Gasteiger partial charge < -0.3 is 15.5 Å². The second-order valence-corrected chi connectivity index (χ2v) is 5.29. The fourth-order valence-electron chi connectivity index (χ4n) is 2.90. The van der Waals surface area contributed by atoms with Crippen LogP contribution in [0.3, 0.4) is 0 Å². The molecule has 0 aliphatic heterocycles. The van der Waals surface area contributed by atoms with Crippen molar-refractivity contribution in [3.63, 3.8) is 0 Å². The number of hydrogen-bond acceptors (Lipinski definition) is 3. The van der Waals surface area contributed by atoms with Gasteiger partial charge in [0.25, 0.3) is 5.91 Å². The summed E-state index contributed by atoms with van der Waals surface area (Å²) in [5, 5.41) is 22.4. The van der Waals surface area contributed by atoms with E-state index >= 15 is 0 Å². The molecular formula is C17H17NO3. The molecule has 1 aliphatic carbocycles. The first-order valence-electron chi connectivity index (χ1n) is 7.06. The summed E-state index contributed by atoms with van der Waals surface area (Å²) >= 11 is 0. The van der Waals surface area contributed by atoms with Crippen LogP contribution in [0, 0.1) is 0 Å². The molecule has 0 spiro atoms. The molecule has 0 bridgehead atoms. The Bertz CT molecular complexity index is 661. The number of fused-ring (bicyclic) bond motifs is 1. The number of aromatic hydroxyl groups is 2. The summed E-state index contributed by atoms with van der Waals surface area (Å²) in [5.41, 5.74) is 2.29. The van der Waals surface area contributed by atoms with E-state index in [0.717, 1.165) is 24.8 Å². The highest BCUT2D eigenvalue weighted by Gasteiger charge is 2.24. The predicted molar refractivity (Wildman–Crippen MR) is 79.4 cm³/mol. The lowest BCUT2D eigenvalue weighted by molar-refractivity contribution is 0.0927. The van der Waals surface area contributed by atoms with Crippen molar-refractivity contribution in [1.29, 1.82) is 0 Å². The Hall–Kier alpha value is -2.49. The number of nitrogens with one attached hydrogen (secondary N) is 1. The maximum atomic E-state index is 12.3. The SMILES string of the molecule is O=C(NC1CCCc2ccccc21)c1c(O)cccc1O. The van der Waals surface area contributed by atoms with Crippen molar-refractivity contribution in [2.75, 3.05) is 0 Å². The first-order chi connectivity index (χ1) is 10.2. The van der Waals surface area contributed by atoms with Crippen molar-refractivity contribution in [2.24, 2.45) is 0 Å². The van der Waals surface area contributed by atoms with Crippen molar-refractivity contribution in [1.82, 2.24) is 5.32 Å². The number of phenolic OH excluding ortho intramolecular Hbond substituents is 2. The van der Waals surface area contributed by atoms with Crippen LogP contribution < -0.4 is 5.32 Å². The van der Waals surface area contributed by atoms with Crippen LogP contribution in [0.5, 0.6) is 11.5 Å². The molecule has 0 saturated heterocycles. The van der Waals surface area contributed by atoms with Gasteiger partial charge in [0.05, 0.1) is 6.04 Å². The third-order valence-corrected chi connectivity index (χ3v) is 3.92. The number of carbonyl (C=O) groups excluding carboxylic acids is 1. The number of hydrogen-bond donors (Lipinski definition) is 3. The quantitative estimate of drug-likeness (QED) is 0.793. The Balaban J connectivity index is 1.86. The van der Waals surface area contributed by atoms with Crippen molar-refractivity contribution >= 4 is 5.91 Å². The predicted octanol–water partition coefficient (Wildman–Crippen LogP) is 2.91. The van der Waals surface area contributed by atoms with E-state index in [9.17, 15) is 15.0 Å². The summed E-state index contributed by atoms with van der Waals surface area (Å²) in [6.45, 7) is 0. The maximum Gasteiger partial charge on any atom is 0.259 e. The highest BCUT2D eigenvalue weighted by atomic mass is 16.3. The summed E-state index contributed by atoms with van der Waals surface area (Å²) < 4.78 is 0. The van der Waals surface area contributed by atoms with E-state index in [1.807, 2.05) is 18.2 Å². The van der Waals surface area contributed by atoms with Gasteiger partial charge in [-0.2, -0.15) is 0 Å². The third-order valence-electron chi connectivity index (χ3n) is 3.92. The smallest absolute Gasteiger partial charge is 0.259 e. The summed E-state index contributed by atoms with van der Waals surface area (Å²) in [6, 6.07) is 12.2. The summed E-state index contributed by atoms with van der Waals surface area (Å²) in [7, 11) is 0. The monoisotopic (exact) mass is 283 g/mol. The summed E-state index contributed by atoms with van der Waals surface area (Å²) in [4.78, 5) is 12.3. The third kappa shape index (κ3) is 2.57. The number of carbonyl (C=O) groups is 1. The number of aryl methyl sites for hydroxylation is 1.